The summed E-state index contributed by atoms with van der Waals surface area (Å²) in [6.45, 7) is 4.15. The van der Waals surface area contributed by atoms with Gasteiger partial charge in [-0.3, -0.25) is 4.79 Å². The molecule has 0 saturated carbocycles. The molecule has 2 aliphatic rings. The highest BCUT2D eigenvalue weighted by Crippen LogP contribution is 2.60. The number of ether oxygens (including phenoxy) is 1. The number of amides is 1. The van der Waals surface area contributed by atoms with Crippen molar-refractivity contribution < 1.29 is 14.3 Å². The number of nitrogens with zero attached hydrogens (tertiary/aromatic N) is 1. The zero-order chi connectivity index (χ0) is 16.1. The largest absolute Gasteiger partial charge is 0.459 e. The minimum atomic E-state index is -0.767. The number of rotatable bonds is 3. The molecule has 1 amide bonds. The molecule has 2 heterocycles. The lowest BCUT2D eigenvalue weighted by atomic mass is 9.98. The molecular formula is C15H15Br2NO3S. The van der Waals surface area contributed by atoms with E-state index in [1.807, 2.05) is 44.2 Å². The summed E-state index contributed by atoms with van der Waals surface area (Å²) in [7, 11) is 0. The molecule has 0 spiro atoms. The van der Waals surface area contributed by atoms with Crippen LogP contribution in [0.2, 0.25) is 0 Å². The fraction of sp³-hybridized carbons (Fsp3) is 0.467. The van der Waals surface area contributed by atoms with Gasteiger partial charge in [0, 0.05) is 4.75 Å². The number of carbonyl (C=O) groups excluding carboxylic acids is 2. The Bertz CT molecular complexity index is 620. The van der Waals surface area contributed by atoms with Crippen molar-refractivity contribution in [3.8, 4) is 0 Å². The molecule has 2 saturated heterocycles. The Balaban J connectivity index is 1.73. The first-order valence-electron chi connectivity index (χ1n) is 6.84. The number of halogens is 2. The lowest BCUT2D eigenvalue weighted by Crippen LogP contribution is -2.68. The van der Waals surface area contributed by atoms with Crippen molar-refractivity contribution in [1.82, 2.24) is 4.90 Å². The second-order valence-corrected chi connectivity index (χ2v) is 11.2. The first kappa shape index (κ1) is 16.3. The zero-order valence-corrected chi connectivity index (χ0v) is 16.1. The van der Waals surface area contributed by atoms with E-state index >= 15 is 0 Å². The minimum absolute atomic E-state index is 0.107. The van der Waals surface area contributed by atoms with Gasteiger partial charge >= 0.3 is 5.97 Å². The van der Waals surface area contributed by atoms with Gasteiger partial charge in [-0.05, 0) is 19.4 Å². The normalized spacial score (nSPS) is 28.0. The van der Waals surface area contributed by atoms with Crippen LogP contribution in [0.4, 0.5) is 0 Å². The third-order valence-electron chi connectivity index (χ3n) is 3.88. The van der Waals surface area contributed by atoms with Gasteiger partial charge in [-0.2, -0.15) is 0 Å². The molecule has 1 unspecified atom stereocenters. The Kier molecular flexibility index (Phi) is 4.10. The van der Waals surface area contributed by atoms with Crippen molar-refractivity contribution in [2.75, 3.05) is 0 Å². The van der Waals surface area contributed by atoms with Crippen LogP contribution in [0, 0.1) is 0 Å². The molecule has 22 heavy (non-hydrogen) atoms. The number of hydrogen-bond donors (Lipinski definition) is 0. The van der Waals surface area contributed by atoms with E-state index in [1.165, 1.54) is 0 Å². The first-order valence-corrected chi connectivity index (χ1v) is 9.30. The summed E-state index contributed by atoms with van der Waals surface area (Å²) in [6, 6.07) is 8.96. The first-order chi connectivity index (χ1) is 10.2. The lowest BCUT2D eigenvalue weighted by Gasteiger charge is -2.46. The van der Waals surface area contributed by atoms with E-state index in [2.05, 4.69) is 31.9 Å². The predicted molar refractivity (Wildman–Crippen MR) is 92.9 cm³/mol. The van der Waals surface area contributed by atoms with Crippen LogP contribution >= 0.6 is 43.6 Å². The summed E-state index contributed by atoms with van der Waals surface area (Å²) in [4.78, 5) is 26.4. The highest BCUT2D eigenvalue weighted by molar-refractivity contribution is 9.26. The van der Waals surface area contributed by atoms with Gasteiger partial charge in [0.15, 0.2) is 3.23 Å². The third-order valence-corrected chi connectivity index (χ3v) is 7.67. The van der Waals surface area contributed by atoms with Gasteiger partial charge in [0.1, 0.15) is 18.0 Å². The standard InChI is InChI=1S/C15H15Br2NO3S/c1-14(2)10(18-12(20)15(16,17)13(18)22-14)11(19)21-8-9-6-4-3-5-7-9/h3-7,10,13H,8H2,1-2H3/t10-,13?/m0/s1. The van der Waals surface area contributed by atoms with Crippen molar-refractivity contribution in [2.45, 2.75) is 39.9 Å². The molecule has 118 valence electrons. The predicted octanol–water partition coefficient (Wildman–Crippen LogP) is 3.28. The SMILES string of the molecule is CC1(C)SC2N(C(=O)C2(Br)Br)[C@H]1C(=O)OCc1ccccc1. The van der Waals surface area contributed by atoms with Crippen molar-refractivity contribution in [2.24, 2.45) is 0 Å². The fourth-order valence-electron chi connectivity index (χ4n) is 2.77. The van der Waals surface area contributed by atoms with Crippen molar-refractivity contribution in [3.05, 3.63) is 35.9 Å². The molecule has 0 aliphatic carbocycles. The van der Waals surface area contributed by atoms with E-state index < -0.39 is 14.0 Å². The van der Waals surface area contributed by atoms with E-state index in [1.54, 1.807) is 16.7 Å². The minimum Gasteiger partial charge on any atom is -0.459 e. The highest BCUT2D eigenvalue weighted by Gasteiger charge is 2.70. The Labute approximate surface area is 150 Å². The van der Waals surface area contributed by atoms with E-state index in [4.69, 9.17) is 4.74 Å². The number of hydrogen-bond acceptors (Lipinski definition) is 4. The van der Waals surface area contributed by atoms with Crippen LogP contribution in [0.15, 0.2) is 30.3 Å². The average Bonchev–Trinajstić information content (AvgIpc) is 2.76. The Hall–Kier alpha value is -0.530. The van der Waals surface area contributed by atoms with Crippen LogP contribution < -0.4 is 0 Å². The zero-order valence-electron chi connectivity index (χ0n) is 12.1. The van der Waals surface area contributed by atoms with Gasteiger partial charge < -0.3 is 9.64 Å². The maximum absolute atomic E-state index is 12.5. The molecule has 3 rings (SSSR count). The summed E-state index contributed by atoms with van der Waals surface area (Å²) in [5.41, 5.74) is 0.932. The lowest BCUT2D eigenvalue weighted by molar-refractivity contribution is -0.162. The quantitative estimate of drug-likeness (QED) is 0.404. The molecule has 1 aromatic rings. The number of benzene rings is 1. The van der Waals surface area contributed by atoms with Gasteiger partial charge in [-0.1, -0.05) is 62.2 Å². The van der Waals surface area contributed by atoms with Gasteiger partial charge in [-0.25, -0.2) is 4.79 Å². The molecule has 0 aromatic heterocycles. The number of carbonyl (C=O) groups is 2. The topological polar surface area (TPSA) is 46.6 Å². The molecule has 2 fully saturated rings. The Morgan fingerprint density at radius 2 is 1.95 bits per heavy atom. The number of β-lactam (4-membered cyclic amide) rings is 1. The maximum atomic E-state index is 12.5. The number of fused-ring (bicyclic) bond motifs is 1. The van der Waals surface area contributed by atoms with Crippen molar-refractivity contribution in [1.29, 1.82) is 0 Å². The van der Waals surface area contributed by atoms with Crippen LogP contribution in [-0.2, 0) is 20.9 Å². The molecular weight excluding hydrogens is 434 g/mol. The van der Waals surface area contributed by atoms with Crippen LogP contribution in [0.1, 0.15) is 19.4 Å². The smallest absolute Gasteiger partial charge is 0.330 e. The molecule has 2 atom stereocenters. The highest BCUT2D eigenvalue weighted by atomic mass is 79.9. The number of alkyl halides is 2. The van der Waals surface area contributed by atoms with Crippen LogP contribution in [0.25, 0.3) is 0 Å². The summed E-state index contributed by atoms with van der Waals surface area (Å²) >= 11 is 8.38. The van der Waals surface area contributed by atoms with E-state index in [0.717, 1.165) is 5.56 Å². The molecule has 0 N–H and O–H groups in total. The van der Waals surface area contributed by atoms with E-state index in [-0.39, 0.29) is 23.9 Å². The number of thioether (sulfide) groups is 1. The van der Waals surface area contributed by atoms with Crippen molar-refractivity contribution >= 4 is 55.5 Å². The Morgan fingerprint density at radius 3 is 2.59 bits per heavy atom. The molecule has 0 bridgehead atoms. The van der Waals surface area contributed by atoms with E-state index in [0.29, 0.717) is 0 Å². The molecule has 0 radical (unpaired) electrons. The monoisotopic (exact) mass is 447 g/mol. The molecule has 2 aliphatic heterocycles. The summed E-state index contributed by atoms with van der Waals surface area (Å²) < 4.78 is 4.28. The van der Waals surface area contributed by atoms with E-state index in [9.17, 15) is 9.59 Å². The maximum Gasteiger partial charge on any atom is 0.330 e. The summed E-state index contributed by atoms with van der Waals surface area (Å²) in [6.07, 6.45) is 0. The fourth-order valence-corrected chi connectivity index (χ4v) is 5.67. The van der Waals surface area contributed by atoms with Gasteiger partial charge in [0.25, 0.3) is 5.91 Å². The number of esters is 1. The van der Waals surface area contributed by atoms with Crippen LogP contribution in [0.5, 0.6) is 0 Å². The molecule has 7 heteroatoms. The second-order valence-electron chi connectivity index (χ2n) is 5.90. The van der Waals surface area contributed by atoms with Crippen molar-refractivity contribution in [3.63, 3.8) is 0 Å². The summed E-state index contributed by atoms with van der Waals surface area (Å²) in [5.74, 6) is -0.482. The van der Waals surface area contributed by atoms with Gasteiger partial charge in [0.05, 0.1) is 0 Å². The third kappa shape index (κ3) is 2.51. The van der Waals surface area contributed by atoms with Gasteiger partial charge in [0.2, 0.25) is 0 Å². The van der Waals surface area contributed by atoms with Gasteiger partial charge in [-0.15, -0.1) is 11.8 Å². The average molecular weight is 449 g/mol. The van der Waals surface area contributed by atoms with Crippen LogP contribution in [0.3, 0.4) is 0 Å². The second kappa shape index (κ2) is 5.53. The molecule has 1 aromatic carbocycles. The van der Waals surface area contributed by atoms with Crippen LogP contribution in [-0.4, -0.2) is 36.2 Å². The molecule has 4 nitrogen and oxygen atoms in total. The summed E-state index contributed by atoms with van der Waals surface area (Å²) in [5, 5.41) is -0.107. The Morgan fingerprint density at radius 1 is 1.32 bits per heavy atom.